The Morgan fingerprint density at radius 1 is 0.967 bits per heavy atom. The van der Waals surface area contributed by atoms with Gasteiger partial charge in [-0.15, -0.1) is 0 Å². The number of fused-ring (bicyclic) bond motifs is 1. The Kier molecular flexibility index (Phi) is 5.33. The molecule has 5 nitrogen and oxygen atoms in total. The van der Waals surface area contributed by atoms with E-state index in [-0.39, 0.29) is 5.88 Å². The van der Waals surface area contributed by atoms with E-state index in [0.717, 1.165) is 16.9 Å². The van der Waals surface area contributed by atoms with Gasteiger partial charge in [0.1, 0.15) is 17.1 Å². The standard InChI is InChI=1S/C23H17Cl2NO4/c1-12(27)29-18-10-14(13-6-8-15(28-2)9-7-13)11-19-21(18)22(23(26)30-19)20-16(24)4-3-5-17(20)25/h3-11H,26H2,1-2H3. The molecule has 0 amide bonds. The average Bonchev–Trinajstić information content (AvgIpc) is 3.03. The smallest absolute Gasteiger partial charge is 0.308 e. The van der Waals surface area contributed by atoms with Gasteiger partial charge in [-0.3, -0.25) is 4.79 Å². The van der Waals surface area contributed by atoms with E-state index >= 15 is 0 Å². The molecule has 30 heavy (non-hydrogen) atoms. The van der Waals surface area contributed by atoms with Gasteiger partial charge in [0.25, 0.3) is 0 Å². The van der Waals surface area contributed by atoms with Gasteiger partial charge < -0.3 is 19.6 Å². The van der Waals surface area contributed by atoms with Gasteiger partial charge in [0.15, 0.2) is 5.88 Å². The first-order valence-corrected chi connectivity index (χ1v) is 9.78. The van der Waals surface area contributed by atoms with Crippen LogP contribution in [0.1, 0.15) is 6.92 Å². The molecule has 4 aromatic rings. The molecule has 0 aliphatic rings. The number of nitrogens with two attached hydrogens (primary N) is 1. The van der Waals surface area contributed by atoms with Crippen LogP contribution in [0.4, 0.5) is 5.88 Å². The van der Waals surface area contributed by atoms with Gasteiger partial charge >= 0.3 is 5.97 Å². The summed E-state index contributed by atoms with van der Waals surface area (Å²) in [4.78, 5) is 11.8. The number of benzene rings is 3. The van der Waals surface area contributed by atoms with Crippen molar-refractivity contribution >= 4 is 46.0 Å². The average molecular weight is 442 g/mol. The summed E-state index contributed by atoms with van der Waals surface area (Å²) in [5, 5.41) is 1.34. The van der Waals surface area contributed by atoms with Crippen molar-refractivity contribution in [1.29, 1.82) is 0 Å². The Balaban J connectivity index is 2.00. The predicted molar refractivity (Wildman–Crippen MR) is 119 cm³/mol. The number of carbonyl (C=O) groups is 1. The molecule has 0 aliphatic carbocycles. The first-order chi connectivity index (χ1) is 14.4. The van der Waals surface area contributed by atoms with Crippen molar-refractivity contribution in [3.8, 4) is 33.8 Å². The number of anilines is 1. The van der Waals surface area contributed by atoms with Gasteiger partial charge in [-0.25, -0.2) is 0 Å². The summed E-state index contributed by atoms with van der Waals surface area (Å²) in [6, 6.07) is 16.2. The predicted octanol–water partition coefficient (Wildman–Crippen LogP) is 6.59. The highest BCUT2D eigenvalue weighted by atomic mass is 35.5. The molecule has 7 heteroatoms. The minimum atomic E-state index is -0.473. The van der Waals surface area contributed by atoms with Crippen LogP contribution in [0.15, 0.2) is 59.0 Å². The number of esters is 1. The fourth-order valence-corrected chi connectivity index (χ4v) is 3.97. The minimum absolute atomic E-state index is 0.125. The van der Waals surface area contributed by atoms with Gasteiger partial charge in [0.2, 0.25) is 0 Å². The van der Waals surface area contributed by atoms with Crippen LogP contribution in [0.3, 0.4) is 0 Å². The normalized spacial score (nSPS) is 10.9. The molecule has 0 spiro atoms. The van der Waals surface area contributed by atoms with Crippen molar-refractivity contribution < 1.29 is 18.7 Å². The van der Waals surface area contributed by atoms with Crippen molar-refractivity contribution in [2.45, 2.75) is 6.92 Å². The third-order valence-electron chi connectivity index (χ3n) is 4.67. The number of hydrogen-bond donors (Lipinski definition) is 1. The van der Waals surface area contributed by atoms with E-state index in [1.807, 2.05) is 30.3 Å². The van der Waals surface area contributed by atoms with Crippen molar-refractivity contribution in [2.24, 2.45) is 0 Å². The zero-order valence-electron chi connectivity index (χ0n) is 16.2. The molecule has 152 valence electrons. The minimum Gasteiger partial charge on any atom is -0.497 e. The quantitative estimate of drug-likeness (QED) is 0.285. The first kappa shape index (κ1) is 20.1. The van der Waals surface area contributed by atoms with Crippen molar-refractivity contribution in [3.05, 3.63) is 64.6 Å². The molecule has 0 radical (unpaired) electrons. The van der Waals surface area contributed by atoms with E-state index in [4.69, 9.17) is 42.8 Å². The lowest BCUT2D eigenvalue weighted by molar-refractivity contribution is -0.131. The van der Waals surface area contributed by atoms with Crippen LogP contribution in [0.2, 0.25) is 10.0 Å². The zero-order chi connectivity index (χ0) is 21.4. The van der Waals surface area contributed by atoms with Gasteiger partial charge in [0.05, 0.1) is 28.1 Å². The summed E-state index contributed by atoms with van der Waals surface area (Å²) < 4.78 is 16.6. The largest absolute Gasteiger partial charge is 0.497 e. The molecular weight excluding hydrogens is 425 g/mol. The maximum Gasteiger partial charge on any atom is 0.308 e. The summed E-state index contributed by atoms with van der Waals surface area (Å²) >= 11 is 12.8. The molecule has 2 N–H and O–H groups in total. The molecule has 3 aromatic carbocycles. The lowest BCUT2D eigenvalue weighted by Gasteiger charge is -2.11. The number of furan rings is 1. The van der Waals surface area contributed by atoms with Crippen LogP contribution in [-0.4, -0.2) is 13.1 Å². The Hall–Kier alpha value is -3.15. The monoisotopic (exact) mass is 441 g/mol. The fourth-order valence-electron chi connectivity index (χ4n) is 3.38. The van der Waals surface area contributed by atoms with Crippen LogP contribution >= 0.6 is 23.2 Å². The molecule has 1 heterocycles. The molecule has 0 bridgehead atoms. The van der Waals surface area contributed by atoms with E-state index in [9.17, 15) is 4.79 Å². The number of rotatable bonds is 4. The van der Waals surface area contributed by atoms with Crippen molar-refractivity contribution in [2.75, 3.05) is 12.8 Å². The van der Waals surface area contributed by atoms with Gasteiger partial charge in [-0.2, -0.15) is 0 Å². The Labute approximate surface area is 182 Å². The number of ether oxygens (including phenoxy) is 2. The fraction of sp³-hybridized carbons (Fsp3) is 0.0870. The van der Waals surface area contributed by atoms with E-state index < -0.39 is 5.97 Å². The number of methoxy groups -OCH3 is 1. The Bertz CT molecular complexity index is 1240. The third-order valence-corrected chi connectivity index (χ3v) is 5.30. The lowest BCUT2D eigenvalue weighted by atomic mass is 9.99. The van der Waals surface area contributed by atoms with Crippen molar-refractivity contribution in [1.82, 2.24) is 0 Å². The molecule has 1 aromatic heterocycles. The highest BCUT2D eigenvalue weighted by molar-refractivity contribution is 6.40. The summed E-state index contributed by atoms with van der Waals surface area (Å²) in [7, 11) is 1.60. The molecule has 4 rings (SSSR count). The number of nitrogen functional groups attached to an aromatic ring is 1. The maximum atomic E-state index is 11.8. The molecule has 0 saturated carbocycles. The number of carbonyl (C=O) groups excluding carboxylic acids is 1. The van der Waals surface area contributed by atoms with E-state index in [2.05, 4.69) is 0 Å². The second-order valence-corrected chi connectivity index (χ2v) is 7.42. The van der Waals surface area contributed by atoms with Crippen LogP contribution in [-0.2, 0) is 4.79 Å². The van der Waals surface area contributed by atoms with Gasteiger partial charge in [-0.1, -0.05) is 41.4 Å². The lowest BCUT2D eigenvalue weighted by Crippen LogP contribution is -2.02. The van der Waals surface area contributed by atoms with Crippen LogP contribution in [0.25, 0.3) is 33.2 Å². The maximum absolute atomic E-state index is 11.8. The molecule has 0 unspecified atom stereocenters. The topological polar surface area (TPSA) is 74.7 Å². The molecule has 0 saturated heterocycles. The molecule has 0 aliphatic heterocycles. The molecule has 0 atom stereocenters. The second-order valence-electron chi connectivity index (χ2n) is 6.61. The first-order valence-electron chi connectivity index (χ1n) is 9.02. The highest BCUT2D eigenvalue weighted by Crippen LogP contribution is 2.48. The Morgan fingerprint density at radius 3 is 2.23 bits per heavy atom. The highest BCUT2D eigenvalue weighted by Gasteiger charge is 2.24. The molecular formula is C23H17Cl2NO4. The number of halogens is 2. The van der Waals surface area contributed by atoms with Gasteiger partial charge in [0, 0.05) is 12.5 Å². The van der Waals surface area contributed by atoms with Gasteiger partial charge in [-0.05, 0) is 47.5 Å². The summed E-state index contributed by atoms with van der Waals surface area (Å²) in [6.07, 6.45) is 0. The zero-order valence-corrected chi connectivity index (χ0v) is 17.7. The summed E-state index contributed by atoms with van der Waals surface area (Å²) in [6.45, 7) is 1.33. The van der Waals surface area contributed by atoms with E-state index in [1.165, 1.54) is 6.92 Å². The summed E-state index contributed by atoms with van der Waals surface area (Å²) in [5.41, 5.74) is 9.33. The van der Waals surface area contributed by atoms with Crippen LogP contribution < -0.4 is 15.2 Å². The van der Waals surface area contributed by atoms with E-state index in [0.29, 0.717) is 37.9 Å². The van der Waals surface area contributed by atoms with Crippen molar-refractivity contribution in [3.63, 3.8) is 0 Å². The van der Waals surface area contributed by atoms with Crippen LogP contribution in [0, 0.1) is 0 Å². The summed E-state index contributed by atoms with van der Waals surface area (Å²) in [5.74, 6) is 0.689. The molecule has 0 fully saturated rings. The van der Waals surface area contributed by atoms with Crippen LogP contribution in [0.5, 0.6) is 11.5 Å². The second kappa shape index (κ2) is 7.94. The SMILES string of the molecule is COc1ccc(-c2cc(OC(C)=O)c3c(-c4c(Cl)cccc4Cl)c(N)oc3c2)cc1. The third kappa shape index (κ3) is 3.58. The number of hydrogen-bond acceptors (Lipinski definition) is 5. The Morgan fingerprint density at radius 2 is 1.63 bits per heavy atom. The van der Waals surface area contributed by atoms with E-state index in [1.54, 1.807) is 31.4 Å².